The number of benzene rings is 2. The van der Waals surface area contributed by atoms with Crippen molar-refractivity contribution in [2.24, 2.45) is 0 Å². The molecule has 31 heavy (non-hydrogen) atoms. The van der Waals surface area contributed by atoms with Crippen molar-refractivity contribution in [2.75, 3.05) is 20.3 Å². The van der Waals surface area contributed by atoms with Crippen LogP contribution < -0.4 is 9.47 Å². The van der Waals surface area contributed by atoms with E-state index in [1.165, 1.54) is 18.9 Å². The minimum absolute atomic E-state index is 0.125. The SMILES string of the molecule is CCOc1cc(/C=C2\SC(=S)N(Cc3ccc(C)cc3)C2=O)ccc1OCC(=O)OC. The number of thioether (sulfide) groups is 1. The second-order valence-electron chi connectivity index (χ2n) is 6.76. The molecule has 0 atom stereocenters. The highest BCUT2D eigenvalue weighted by Crippen LogP contribution is 2.35. The lowest BCUT2D eigenvalue weighted by Crippen LogP contribution is -2.27. The first-order valence-electron chi connectivity index (χ1n) is 9.68. The fraction of sp³-hybridized carbons (Fsp3) is 0.261. The first-order chi connectivity index (χ1) is 14.9. The summed E-state index contributed by atoms with van der Waals surface area (Å²) in [6.07, 6.45) is 1.78. The Bertz CT molecular complexity index is 1020. The molecule has 0 aliphatic carbocycles. The Morgan fingerprint density at radius 2 is 1.87 bits per heavy atom. The average molecular weight is 458 g/mol. The van der Waals surface area contributed by atoms with Crippen LogP contribution in [0.4, 0.5) is 0 Å². The fourth-order valence-corrected chi connectivity index (χ4v) is 4.12. The molecular formula is C23H23NO5S2. The van der Waals surface area contributed by atoms with Crippen LogP contribution in [0.15, 0.2) is 47.4 Å². The second-order valence-corrected chi connectivity index (χ2v) is 8.43. The van der Waals surface area contributed by atoms with Crippen LogP contribution in [0.2, 0.25) is 0 Å². The van der Waals surface area contributed by atoms with Gasteiger partial charge in [0, 0.05) is 0 Å². The van der Waals surface area contributed by atoms with Crippen molar-refractivity contribution in [2.45, 2.75) is 20.4 Å². The van der Waals surface area contributed by atoms with Crippen LogP contribution in [0.5, 0.6) is 11.5 Å². The number of nitrogens with zero attached hydrogens (tertiary/aromatic N) is 1. The van der Waals surface area contributed by atoms with Gasteiger partial charge in [-0.2, -0.15) is 0 Å². The van der Waals surface area contributed by atoms with Gasteiger partial charge in [-0.15, -0.1) is 0 Å². The molecule has 0 spiro atoms. The monoisotopic (exact) mass is 457 g/mol. The predicted octanol–water partition coefficient (Wildman–Crippen LogP) is 4.35. The second kappa shape index (κ2) is 10.5. The number of carbonyl (C=O) groups excluding carboxylic acids is 2. The lowest BCUT2D eigenvalue weighted by molar-refractivity contribution is -0.142. The van der Waals surface area contributed by atoms with Crippen molar-refractivity contribution in [1.82, 2.24) is 4.90 Å². The van der Waals surface area contributed by atoms with E-state index in [-0.39, 0.29) is 12.5 Å². The Morgan fingerprint density at radius 1 is 1.13 bits per heavy atom. The number of aryl methyl sites for hydroxylation is 1. The van der Waals surface area contributed by atoms with Gasteiger partial charge < -0.3 is 14.2 Å². The van der Waals surface area contributed by atoms with Gasteiger partial charge in [-0.25, -0.2) is 4.79 Å². The van der Waals surface area contributed by atoms with Gasteiger partial charge in [0.15, 0.2) is 18.1 Å². The smallest absolute Gasteiger partial charge is 0.343 e. The number of rotatable bonds is 8. The van der Waals surface area contributed by atoms with Crippen molar-refractivity contribution >= 4 is 46.3 Å². The summed E-state index contributed by atoms with van der Waals surface area (Å²) in [6.45, 7) is 4.53. The van der Waals surface area contributed by atoms with Crippen LogP contribution in [0.3, 0.4) is 0 Å². The standard InChI is InChI=1S/C23H23NO5S2/c1-4-28-19-11-17(9-10-18(19)29-14-21(25)27-3)12-20-22(26)24(23(30)31-20)13-16-7-5-15(2)6-8-16/h5-12H,4,13-14H2,1-3H3/b20-12-. The van der Waals surface area contributed by atoms with E-state index in [2.05, 4.69) is 4.74 Å². The largest absolute Gasteiger partial charge is 0.490 e. The molecule has 1 fully saturated rings. The molecule has 6 nitrogen and oxygen atoms in total. The summed E-state index contributed by atoms with van der Waals surface area (Å²) >= 11 is 6.71. The molecule has 2 aromatic carbocycles. The molecule has 1 aliphatic heterocycles. The Hall–Kier alpha value is -2.84. The predicted molar refractivity (Wildman–Crippen MR) is 125 cm³/mol. The summed E-state index contributed by atoms with van der Waals surface area (Å²) in [5.41, 5.74) is 2.96. The maximum Gasteiger partial charge on any atom is 0.343 e. The minimum atomic E-state index is -0.483. The van der Waals surface area contributed by atoms with Crippen molar-refractivity contribution in [3.05, 3.63) is 64.1 Å². The molecule has 0 saturated carbocycles. The lowest BCUT2D eigenvalue weighted by Gasteiger charge is -2.14. The zero-order valence-electron chi connectivity index (χ0n) is 17.5. The van der Waals surface area contributed by atoms with E-state index >= 15 is 0 Å². The van der Waals surface area contributed by atoms with E-state index in [0.717, 1.165) is 16.7 Å². The Morgan fingerprint density at radius 3 is 2.55 bits per heavy atom. The molecule has 1 aliphatic rings. The van der Waals surface area contributed by atoms with Crippen molar-refractivity contribution in [3.8, 4) is 11.5 Å². The third-order valence-electron chi connectivity index (χ3n) is 4.47. The van der Waals surface area contributed by atoms with Gasteiger partial charge in [0.25, 0.3) is 5.91 Å². The molecule has 1 amide bonds. The zero-order valence-corrected chi connectivity index (χ0v) is 19.2. The molecule has 3 rings (SSSR count). The number of esters is 1. The molecule has 0 bridgehead atoms. The number of carbonyl (C=O) groups is 2. The highest BCUT2D eigenvalue weighted by molar-refractivity contribution is 8.26. The molecule has 0 aromatic heterocycles. The number of amides is 1. The minimum Gasteiger partial charge on any atom is -0.490 e. The van der Waals surface area contributed by atoms with Crippen LogP contribution in [0.1, 0.15) is 23.6 Å². The lowest BCUT2D eigenvalue weighted by atomic mass is 10.1. The zero-order chi connectivity index (χ0) is 22.4. The fourth-order valence-electron chi connectivity index (χ4n) is 2.86. The van der Waals surface area contributed by atoms with E-state index in [9.17, 15) is 9.59 Å². The quantitative estimate of drug-likeness (QED) is 0.332. The molecule has 1 saturated heterocycles. The van der Waals surface area contributed by atoms with Gasteiger partial charge in [-0.3, -0.25) is 9.69 Å². The number of ether oxygens (including phenoxy) is 3. The van der Waals surface area contributed by atoms with Crippen LogP contribution in [-0.4, -0.2) is 41.4 Å². The number of thiocarbonyl (C=S) groups is 1. The summed E-state index contributed by atoms with van der Waals surface area (Å²) in [5.74, 6) is 0.301. The highest BCUT2D eigenvalue weighted by atomic mass is 32.2. The highest BCUT2D eigenvalue weighted by Gasteiger charge is 2.32. The van der Waals surface area contributed by atoms with Gasteiger partial charge >= 0.3 is 5.97 Å². The van der Waals surface area contributed by atoms with Crippen molar-refractivity contribution in [1.29, 1.82) is 0 Å². The summed E-state index contributed by atoms with van der Waals surface area (Å²) < 4.78 is 16.2. The van der Waals surface area contributed by atoms with E-state index in [4.69, 9.17) is 21.7 Å². The number of hydrogen-bond acceptors (Lipinski definition) is 7. The van der Waals surface area contributed by atoms with Crippen LogP contribution in [0, 0.1) is 6.92 Å². The van der Waals surface area contributed by atoms with Gasteiger partial charge in [0.2, 0.25) is 0 Å². The average Bonchev–Trinajstić information content (AvgIpc) is 3.02. The normalized spacial score (nSPS) is 14.8. The molecule has 0 N–H and O–H groups in total. The van der Waals surface area contributed by atoms with E-state index in [1.807, 2.05) is 38.1 Å². The molecule has 0 radical (unpaired) electrons. The number of hydrogen-bond donors (Lipinski definition) is 0. The Labute approximate surface area is 191 Å². The van der Waals surface area contributed by atoms with E-state index < -0.39 is 5.97 Å². The molecule has 2 aromatic rings. The topological polar surface area (TPSA) is 65.1 Å². The Balaban J connectivity index is 1.77. The van der Waals surface area contributed by atoms with Crippen molar-refractivity contribution < 1.29 is 23.8 Å². The maximum absolute atomic E-state index is 12.9. The maximum atomic E-state index is 12.9. The molecule has 162 valence electrons. The van der Waals surface area contributed by atoms with Gasteiger partial charge in [0.1, 0.15) is 4.32 Å². The third kappa shape index (κ3) is 5.86. The number of methoxy groups -OCH3 is 1. The van der Waals surface area contributed by atoms with E-state index in [0.29, 0.717) is 33.9 Å². The molecular weight excluding hydrogens is 434 g/mol. The first kappa shape index (κ1) is 22.8. The summed E-state index contributed by atoms with van der Waals surface area (Å²) in [5, 5.41) is 0. The van der Waals surface area contributed by atoms with Crippen LogP contribution >= 0.6 is 24.0 Å². The summed E-state index contributed by atoms with van der Waals surface area (Å²) in [7, 11) is 1.30. The summed E-state index contributed by atoms with van der Waals surface area (Å²) in [4.78, 5) is 26.4. The van der Waals surface area contributed by atoms with Crippen molar-refractivity contribution in [3.63, 3.8) is 0 Å². The van der Waals surface area contributed by atoms with Gasteiger partial charge in [0.05, 0.1) is 25.2 Å². The molecule has 1 heterocycles. The van der Waals surface area contributed by atoms with Crippen LogP contribution in [-0.2, 0) is 20.9 Å². The van der Waals surface area contributed by atoms with E-state index in [1.54, 1.807) is 29.2 Å². The summed E-state index contributed by atoms with van der Waals surface area (Å²) in [6, 6.07) is 13.3. The first-order valence-corrected chi connectivity index (χ1v) is 10.9. The third-order valence-corrected chi connectivity index (χ3v) is 5.85. The van der Waals surface area contributed by atoms with Gasteiger partial charge in [-0.1, -0.05) is 59.9 Å². The molecule has 8 heteroatoms. The van der Waals surface area contributed by atoms with Gasteiger partial charge in [-0.05, 0) is 43.2 Å². The van der Waals surface area contributed by atoms with Crippen LogP contribution in [0.25, 0.3) is 6.08 Å². The Kier molecular flexibility index (Phi) is 7.70. The molecule has 0 unspecified atom stereocenters.